The molecule has 0 radical (unpaired) electrons. The Morgan fingerprint density at radius 2 is 0.900 bits per heavy atom. The molecule has 0 amide bonds. The molecule has 15 heteroatoms. The summed E-state index contributed by atoms with van der Waals surface area (Å²) >= 11 is 0. The average molecular weight is 993 g/mol. The molecule has 7 N–H and O–H groups in total. The molecule has 2 heterocycles. The van der Waals surface area contributed by atoms with Crippen molar-refractivity contribution in [2.24, 2.45) is 0 Å². The van der Waals surface area contributed by atoms with Crippen molar-refractivity contribution in [1.82, 2.24) is 0 Å². The van der Waals surface area contributed by atoms with E-state index >= 15 is 0 Å². The summed E-state index contributed by atoms with van der Waals surface area (Å²) in [4.78, 5) is 25.8. The van der Waals surface area contributed by atoms with E-state index in [9.17, 15) is 45.3 Å². The number of ether oxygens (including phenoxy) is 6. The highest BCUT2D eigenvalue weighted by molar-refractivity contribution is 5.70. The molecule has 0 aromatic carbocycles. The molecule has 70 heavy (non-hydrogen) atoms. The smallest absolute Gasteiger partial charge is 0.306 e. The maximum Gasteiger partial charge on any atom is 0.306 e. The normalized spacial score (nSPS) is 26.0. The van der Waals surface area contributed by atoms with Gasteiger partial charge >= 0.3 is 11.9 Å². The van der Waals surface area contributed by atoms with Crippen molar-refractivity contribution in [3.05, 3.63) is 72.9 Å². The van der Waals surface area contributed by atoms with Crippen LogP contribution in [0, 0.1) is 0 Å². The number of carbonyl (C=O) groups excluding carboxylic acids is 2. The molecule has 11 atom stereocenters. The minimum absolute atomic E-state index is 0.137. The summed E-state index contributed by atoms with van der Waals surface area (Å²) in [5.74, 6) is -0.984. The van der Waals surface area contributed by atoms with Gasteiger partial charge in [0.25, 0.3) is 0 Å². The summed E-state index contributed by atoms with van der Waals surface area (Å²) in [5, 5.41) is 72.1. The molecule has 2 saturated heterocycles. The third kappa shape index (κ3) is 28.8. The quantitative estimate of drug-likeness (QED) is 0.0134. The van der Waals surface area contributed by atoms with Crippen LogP contribution in [-0.2, 0) is 38.0 Å². The largest absolute Gasteiger partial charge is 0.462 e. The number of unbranched alkanes of at least 4 members (excludes halogenated alkanes) is 15. The number of aliphatic hydroxyl groups excluding tert-OH is 7. The Morgan fingerprint density at radius 1 is 0.471 bits per heavy atom. The number of carbonyl (C=O) groups is 2. The summed E-state index contributed by atoms with van der Waals surface area (Å²) in [5.41, 5.74) is 0. The van der Waals surface area contributed by atoms with Crippen LogP contribution >= 0.6 is 0 Å². The Morgan fingerprint density at radius 3 is 1.47 bits per heavy atom. The van der Waals surface area contributed by atoms with Gasteiger partial charge < -0.3 is 64.2 Å². The first kappa shape index (κ1) is 63.1. The van der Waals surface area contributed by atoms with E-state index in [1.165, 1.54) is 44.9 Å². The van der Waals surface area contributed by atoms with Crippen LogP contribution in [0.3, 0.4) is 0 Å². The average Bonchev–Trinajstić information content (AvgIpc) is 3.35. The summed E-state index contributed by atoms with van der Waals surface area (Å²) < 4.78 is 33.5. The van der Waals surface area contributed by atoms with Gasteiger partial charge in [-0.25, -0.2) is 0 Å². The summed E-state index contributed by atoms with van der Waals surface area (Å²) in [7, 11) is 0. The van der Waals surface area contributed by atoms with E-state index < -0.39 is 99.3 Å². The van der Waals surface area contributed by atoms with Gasteiger partial charge in [0.05, 0.1) is 19.8 Å². The Bertz CT molecular complexity index is 1490. The van der Waals surface area contributed by atoms with Crippen LogP contribution in [0.1, 0.15) is 168 Å². The van der Waals surface area contributed by atoms with Gasteiger partial charge in [-0.1, -0.05) is 145 Å². The lowest BCUT2D eigenvalue weighted by molar-refractivity contribution is -0.332. The molecule has 0 aromatic rings. The second kappa shape index (κ2) is 41.4. The molecule has 2 fully saturated rings. The predicted octanol–water partition coefficient (Wildman–Crippen LogP) is 7.82. The van der Waals surface area contributed by atoms with Crippen LogP contribution < -0.4 is 0 Å². The van der Waals surface area contributed by atoms with Crippen molar-refractivity contribution >= 4 is 11.9 Å². The fraction of sp³-hybridized carbons (Fsp3) is 0.745. The second-order valence-corrected chi connectivity index (χ2v) is 18.4. The number of aliphatic hydroxyl groups is 7. The highest BCUT2D eigenvalue weighted by atomic mass is 16.7. The van der Waals surface area contributed by atoms with E-state index in [-0.39, 0.29) is 19.4 Å². The van der Waals surface area contributed by atoms with Gasteiger partial charge in [-0.15, -0.1) is 0 Å². The van der Waals surface area contributed by atoms with Gasteiger partial charge in [-0.3, -0.25) is 9.59 Å². The summed E-state index contributed by atoms with van der Waals surface area (Å²) in [6.45, 7) is 2.48. The molecule has 2 rings (SSSR count). The minimum atomic E-state index is -1.78. The number of rotatable bonds is 40. The SMILES string of the molecule is CCCCC/C=C/C/C=C/C/C=C/C/C=C/CCCCCC(=O)OC[C@@H](CO[C@@H]1O[C@H](CO[C@@H]2O[C@H](CO)[C@H](O)C(O)C2O)[C@H](O)C(O)C1O)OC(=O)CCCCCCC/C=C/C=C/CCCCCC. The Hall–Kier alpha value is -3.06. The van der Waals surface area contributed by atoms with Crippen LogP contribution in [0.4, 0.5) is 0 Å². The highest BCUT2D eigenvalue weighted by Gasteiger charge is 2.47. The second-order valence-electron chi connectivity index (χ2n) is 18.4. The first-order chi connectivity index (χ1) is 34.0. The zero-order valence-corrected chi connectivity index (χ0v) is 42.5. The summed E-state index contributed by atoms with van der Waals surface area (Å²) in [6, 6.07) is 0. The van der Waals surface area contributed by atoms with Gasteiger partial charge in [-0.2, -0.15) is 0 Å². The lowest BCUT2D eigenvalue weighted by Gasteiger charge is -2.42. The molecule has 402 valence electrons. The fourth-order valence-electron chi connectivity index (χ4n) is 7.78. The van der Waals surface area contributed by atoms with E-state index in [1.54, 1.807) is 0 Å². The van der Waals surface area contributed by atoms with Crippen LogP contribution in [0.5, 0.6) is 0 Å². The lowest BCUT2D eigenvalue weighted by Crippen LogP contribution is -2.61. The lowest BCUT2D eigenvalue weighted by atomic mass is 9.98. The monoisotopic (exact) mass is 993 g/mol. The molecule has 0 spiro atoms. The predicted molar refractivity (Wildman–Crippen MR) is 270 cm³/mol. The van der Waals surface area contributed by atoms with E-state index in [0.717, 1.165) is 83.5 Å². The first-order valence-corrected chi connectivity index (χ1v) is 26.5. The van der Waals surface area contributed by atoms with Crippen molar-refractivity contribution in [3.8, 4) is 0 Å². The van der Waals surface area contributed by atoms with Gasteiger partial charge in [0, 0.05) is 12.8 Å². The van der Waals surface area contributed by atoms with Gasteiger partial charge in [0.2, 0.25) is 0 Å². The molecule has 4 unspecified atom stereocenters. The number of esters is 2. The first-order valence-electron chi connectivity index (χ1n) is 26.5. The van der Waals surface area contributed by atoms with Crippen molar-refractivity contribution in [2.45, 2.75) is 235 Å². The molecule has 0 aromatic heterocycles. The molecule has 2 aliphatic rings. The Balaban J connectivity index is 1.82. The van der Waals surface area contributed by atoms with Crippen molar-refractivity contribution < 1.29 is 73.8 Å². The molecule has 0 aliphatic carbocycles. The van der Waals surface area contributed by atoms with Crippen molar-refractivity contribution in [3.63, 3.8) is 0 Å². The number of hydrogen-bond acceptors (Lipinski definition) is 15. The Labute approximate surface area is 419 Å². The van der Waals surface area contributed by atoms with Gasteiger partial charge in [0.15, 0.2) is 18.7 Å². The van der Waals surface area contributed by atoms with E-state index in [0.29, 0.717) is 12.8 Å². The van der Waals surface area contributed by atoms with Crippen LogP contribution in [-0.4, -0.2) is 142 Å². The van der Waals surface area contributed by atoms with E-state index in [2.05, 4.69) is 86.8 Å². The van der Waals surface area contributed by atoms with Gasteiger partial charge in [0.1, 0.15) is 55.4 Å². The topological polar surface area (TPSA) is 231 Å². The van der Waals surface area contributed by atoms with Crippen molar-refractivity contribution in [2.75, 3.05) is 26.4 Å². The fourth-order valence-corrected chi connectivity index (χ4v) is 7.78. The number of hydrogen-bond donors (Lipinski definition) is 7. The zero-order chi connectivity index (χ0) is 51.0. The van der Waals surface area contributed by atoms with Crippen LogP contribution in [0.25, 0.3) is 0 Å². The van der Waals surface area contributed by atoms with E-state index in [1.807, 2.05) is 0 Å². The summed E-state index contributed by atoms with van der Waals surface area (Å²) in [6.07, 6.45) is 32.1. The van der Waals surface area contributed by atoms with Crippen LogP contribution in [0.15, 0.2) is 72.9 Å². The Kier molecular flexibility index (Phi) is 37.3. The maximum atomic E-state index is 13.0. The highest BCUT2D eigenvalue weighted by Crippen LogP contribution is 2.26. The molecular formula is C55H92O15. The van der Waals surface area contributed by atoms with Crippen molar-refractivity contribution in [1.29, 1.82) is 0 Å². The van der Waals surface area contributed by atoms with Gasteiger partial charge in [-0.05, 0) is 83.5 Å². The van der Waals surface area contributed by atoms with E-state index in [4.69, 9.17) is 28.4 Å². The molecule has 2 aliphatic heterocycles. The molecule has 15 nitrogen and oxygen atoms in total. The number of allylic oxidation sites excluding steroid dienone is 12. The third-order valence-corrected chi connectivity index (χ3v) is 12.2. The molecular weight excluding hydrogens is 901 g/mol. The zero-order valence-electron chi connectivity index (χ0n) is 42.5. The van der Waals surface area contributed by atoms with Crippen LogP contribution in [0.2, 0.25) is 0 Å². The standard InChI is InChI=1S/C55H92O15/c1-3-5-7-9-11-13-15-17-19-20-21-22-24-25-27-29-31-33-35-37-46(57)65-40-43(68-47(58)38-36-34-32-30-28-26-23-18-16-14-12-10-8-6-4-2)41-66-54-53(64)51(62)49(60)45(70-54)42-67-55-52(63)50(61)48(59)44(39-56)69-55/h11,13-14,16-19,21-23,25,27,43-45,48-56,59-64H,3-10,12,15,20,24,26,28-42H2,1-2H3/b13-11+,16-14+,19-17+,22-21+,23-18+,27-25+/t43-,44+,45+,48-,49-,50?,51?,52?,53?,54+,55+/m0/s1. The third-order valence-electron chi connectivity index (χ3n) is 12.2. The maximum absolute atomic E-state index is 13.0. The molecule has 0 bridgehead atoms. The molecule has 0 saturated carbocycles. The minimum Gasteiger partial charge on any atom is -0.462 e.